The molecule has 4 nitrogen and oxygen atoms in total. The van der Waals surface area contributed by atoms with Crippen LogP contribution in [0.2, 0.25) is 5.02 Å². The second-order valence-electron chi connectivity index (χ2n) is 3.16. The van der Waals surface area contributed by atoms with E-state index in [2.05, 4.69) is 4.98 Å². The lowest BCUT2D eigenvalue weighted by atomic mass is 10.2. The Kier molecular flexibility index (Phi) is 2.90. The van der Waals surface area contributed by atoms with Crippen molar-refractivity contribution >= 4 is 51.1 Å². The number of carbonyl (C=O) groups is 1. The van der Waals surface area contributed by atoms with Gasteiger partial charge >= 0.3 is 5.97 Å². The Balaban J connectivity index is 2.93. The molecule has 0 atom stereocenters. The Morgan fingerprint density at radius 1 is 1.38 bits per heavy atom. The lowest BCUT2D eigenvalue weighted by molar-refractivity contribution is 0.0691. The van der Waals surface area contributed by atoms with Crippen molar-refractivity contribution in [2.45, 2.75) is 0 Å². The van der Waals surface area contributed by atoms with Crippen molar-refractivity contribution < 1.29 is 9.90 Å². The summed E-state index contributed by atoms with van der Waals surface area (Å²) < 4.78 is 0.827. The van der Waals surface area contributed by atoms with Gasteiger partial charge in [0.2, 0.25) is 0 Å². The predicted molar refractivity (Wildman–Crippen MR) is 69.3 cm³/mol. The van der Waals surface area contributed by atoms with Gasteiger partial charge in [-0.2, -0.15) is 0 Å². The van der Waals surface area contributed by atoms with E-state index in [1.807, 2.05) is 22.6 Å². The highest BCUT2D eigenvalue weighted by molar-refractivity contribution is 14.1. The third-order valence-corrected chi connectivity index (χ3v) is 3.00. The Morgan fingerprint density at radius 2 is 2.06 bits per heavy atom. The van der Waals surface area contributed by atoms with Gasteiger partial charge in [-0.15, -0.1) is 0 Å². The highest BCUT2D eigenvalue weighted by Gasteiger charge is 2.10. The number of hydrogen-bond donors (Lipinski definition) is 2. The van der Waals surface area contributed by atoms with Crippen LogP contribution in [0.5, 0.6) is 0 Å². The number of H-pyrrole nitrogens is 1. The van der Waals surface area contributed by atoms with Gasteiger partial charge in [-0.3, -0.25) is 4.79 Å². The fraction of sp³-hybridized carbons (Fsp3) is 0. The molecule has 0 aliphatic carbocycles. The van der Waals surface area contributed by atoms with Gasteiger partial charge in [0, 0.05) is 9.64 Å². The number of carboxylic acid groups (broad SMARTS) is 1. The highest BCUT2D eigenvalue weighted by Crippen LogP contribution is 2.22. The summed E-state index contributed by atoms with van der Waals surface area (Å²) in [6.07, 6.45) is 0. The minimum atomic E-state index is -1.17. The fourth-order valence-electron chi connectivity index (χ4n) is 1.42. The summed E-state index contributed by atoms with van der Waals surface area (Å²) >= 11 is 7.97. The quantitative estimate of drug-likeness (QED) is 0.777. The third-order valence-electron chi connectivity index (χ3n) is 2.08. The van der Waals surface area contributed by atoms with Gasteiger partial charge in [0.05, 0.1) is 15.9 Å². The zero-order valence-corrected chi connectivity index (χ0v) is 10.7. The van der Waals surface area contributed by atoms with Gasteiger partial charge in [0.25, 0.3) is 0 Å². The molecule has 0 saturated carbocycles. The van der Waals surface area contributed by atoms with Gasteiger partial charge < -0.3 is 10.1 Å². The van der Waals surface area contributed by atoms with E-state index in [4.69, 9.17) is 16.7 Å². The van der Waals surface area contributed by atoms with Gasteiger partial charge in [-0.05, 0) is 34.7 Å². The van der Waals surface area contributed by atoms with Gasteiger partial charge in [0.1, 0.15) is 5.69 Å². The van der Waals surface area contributed by atoms with Crippen LogP contribution in [-0.2, 0) is 0 Å². The normalized spacial score (nSPS) is 10.6. The van der Waals surface area contributed by atoms with Gasteiger partial charge in [0.15, 0.2) is 5.43 Å². The zero-order valence-electron chi connectivity index (χ0n) is 7.75. The first-order valence-electron chi connectivity index (χ1n) is 4.24. The number of hydrogen-bond acceptors (Lipinski definition) is 2. The standard InChI is InChI=1S/C10H5ClINO3/c11-5-1-4(12)2-6-9(5)8(14)3-7(13-6)10(15)16/h1-3H,(H,13,14)(H,15,16). The Hall–Kier alpha value is -1.08. The van der Waals surface area contributed by atoms with Crippen LogP contribution in [0, 0.1) is 3.57 Å². The lowest BCUT2D eigenvalue weighted by Gasteiger charge is -2.03. The van der Waals surface area contributed by atoms with Crippen molar-refractivity contribution in [2.24, 2.45) is 0 Å². The van der Waals surface area contributed by atoms with Gasteiger partial charge in [-0.1, -0.05) is 11.6 Å². The Labute approximate surface area is 108 Å². The van der Waals surface area contributed by atoms with Crippen molar-refractivity contribution in [3.8, 4) is 0 Å². The molecule has 6 heteroatoms. The van der Waals surface area contributed by atoms with Crippen LogP contribution < -0.4 is 5.43 Å². The molecule has 0 bridgehead atoms. The number of carboxylic acids is 1. The van der Waals surface area contributed by atoms with E-state index in [9.17, 15) is 9.59 Å². The van der Waals surface area contributed by atoms with E-state index in [-0.39, 0.29) is 5.69 Å². The van der Waals surface area contributed by atoms with E-state index in [1.54, 1.807) is 12.1 Å². The van der Waals surface area contributed by atoms with Crippen molar-refractivity contribution in [3.63, 3.8) is 0 Å². The third kappa shape index (κ3) is 1.92. The molecule has 0 unspecified atom stereocenters. The molecule has 0 amide bonds. The average Bonchev–Trinajstić information content (AvgIpc) is 2.15. The predicted octanol–water partition coefficient (Wildman–Crippen LogP) is 2.48. The second-order valence-corrected chi connectivity index (χ2v) is 4.82. The summed E-state index contributed by atoms with van der Waals surface area (Å²) in [7, 11) is 0. The highest BCUT2D eigenvalue weighted by atomic mass is 127. The van der Waals surface area contributed by atoms with Crippen LogP contribution in [0.1, 0.15) is 10.5 Å². The molecule has 2 aromatic rings. The van der Waals surface area contributed by atoms with E-state index < -0.39 is 11.4 Å². The lowest BCUT2D eigenvalue weighted by Crippen LogP contribution is -2.10. The number of nitrogens with one attached hydrogen (secondary N) is 1. The van der Waals surface area contributed by atoms with Crippen LogP contribution in [-0.4, -0.2) is 16.1 Å². The topological polar surface area (TPSA) is 70.2 Å². The number of halogens is 2. The SMILES string of the molecule is O=C(O)c1cc(=O)c2c(Cl)cc(I)cc2[nH]1. The molecular weight excluding hydrogens is 344 g/mol. The molecule has 0 fully saturated rings. The first-order chi connectivity index (χ1) is 7.49. The second kappa shape index (κ2) is 4.06. The Bertz CT molecular complexity index is 650. The smallest absolute Gasteiger partial charge is 0.352 e. The van der Waals surface area contributed by atoms with Crippen LogP contribution in [0.15, 0.2) is 23.0 Å². The number of fused-ring (bicyclic) bond motifs is 1. The first kappa shape index (κ1) is 11.4. The molecule has 0 aliphatic rings. The summed E-state index contributed by atoms with van der Waals surface area (Å²) in [5, 5.41) is 9.43. The number of benzene rings is 1. The average molecular weight is 350 g/mol. The van der Waals surface area contributed by atoms with Crippen molar-refractivity contribution in [2.75, 3.05) is 0 Å². The van der Waals surface area contributed by atoms with Crippen LogP contribution in [0.3, 0.4) is 0 Å². The molecule has 1 aromatic heterocycles. The summed E-state index contributed by atoms with van der Waals surface area (Å²) in [5.74, 6) is -1.17. The molecule has 82 valence electrons. The maximum Gasteiger partial charge on any atom is 0.352 e. The maximum absolute atomic E-state index is 11.7. The minimum Gasteiger partial charge on any atom is -0.477 e. The first-order valence-corrected chi connectivity index (χ1v) is 5.70. The number of aromatic nitrogens is 1. The molecule has 2 N–H and O–H groups in total. The fourth-order valence-corrected chi connectivity index (χ4v) is 2.54. The van der Waals surface area contributed by atoms with Crippen molar-refractivity contribution in [1.29, 1.82) is 0 Å². The van der Waals surface area contributed by atoms with Crippen molar-refractivity contribution in [3.05, 3.63) is 42.7 Å². The number of pyridine rings is 1. The minimum absolute atomic E-state index is 0.143. The van der Waals surface area contributed by atoms with Gasteiger partial charge in [-0.25, -0.2) is 4.79 Å². The van der Waals surface area contributed by atoms with Crippen LogP contribution in [0.25, 0.3) is 10.9 Å². The largest absolute Gasteiger partial charge is 0.477 e. The molecule has 0 aliphatic heterocycles. The Morgan fingerprint density at radius 3 is 2.69 bits per heavy atom. The number of aromatic amines is 1. The van der Waals surface area contributed by atoms with Crippen LogP contribution in [0.4, 0.5) is 0 Å². The molecule has 2 rings (SSSR count). The molecule has 0 saturated heterocycles. The summed E-state index contributed by atoms with van der Waals surface area (Å²) in [4.78, 5) is 25.1. The van der Waals surface area contributed by atoms with Crippen LogP contribution >= 0.6 is 34.2 Å². The molecular formula is C10H5ClINO3. The molecule has 16 heavy (non-hydrogen) atoms. The molecule has 1 heterocycles. The van der Waals surface area contributed by atoms with E-state index in [0.717, 1.165) is 9.64 Å². The maximum atomic E-state index is 11.7. The summed E-state index contributed by atoms with van der Waals surface area (Å²) in [5.41, 5.74) is -0.107. The molecule has 1 aromatic carbocycles. The van der Waals surface area contributed by atoms with E-state index in [0.29, 0.717) is 15.9 Å². The number of rotatable bonds is 1. The summed E-state index contributed by atoms with van der Waals surface area (Å²) in [6, 6.07) is 4.36. The van der Waals surface area contributed by atoms with E-state index >= 15 is 0 Å². The monoisotopic (exact) mass is 349 g/mol. The number of aromatic carboxylic acids is 1. The molecule has 0 radical (unpaired) electrons. The summed E-state index contributed by atoms with van der Waals surface area (Å²) in [6.45, 7) is 0. The van der Waals surface area contributed by atoms with E-state index in [1.165, 1.54) is 0 Å². The van der Waals surface area contributed by atoms with Crippen molar-refractivity contribution in [1.82, 2.24) is 4.98 Å². The molecule has 0 spiro atoms. The zero-order chi connectivity index (χ0) is 11.9.